The fraction of sp³-hybridized carbons (Fsp3) is 0.353. The van der Waals surface area contributed by atoms with Crippen molar-refractivity contribution in [3.8, 4) is 16.9 Å². The average Bonchev–Trinajstić information content (AvgIpc) is 3.01. The van der Waals surface area contributed by atoms with Crippen LogP contribution in [0.15, 0.2) is 60.7 Å². The summed E-state index contributed by atoms with van der Waals surface area (Å²) in [6.07, 6.45) is 1.47. The zero-order valence-electron chi connectivity index (χ0n) is 25.1. The van der Waals surface area contributed by atoms with Gasteiger partial charge in [0.1, 0.15) is 18.4 Å². The predicted molar refractivity (Wildman–Crippen MR) is 166 cm³/mol. The third-order valence-electron chi connectivity index (χ3n) is 7.78. The summed E-state index contributed by atoms with van der Waals surface area (Å²) >= 11 is 0. The number of aliphatic carboxylic acids is 1. The van der Waals surface area contributed by atoms with Crippen molar-refractivity contribution in [2.45, 2.75) is 65.0 Å². The lowest BCUT2D eigenvalue weighted by Gasteiger charge is -2.31. The van der Waals surface area contributed by atoms with Gasteiger partial charge >= 0.3 is 12.1 Å². The molecule has 232 valence electrons. The maximum absolute atomic E-state index is 13.3. The fourth-order valence-electron chi connectivity index (χ4n) is 5.28. The predicted octanol–water partition coefficient (Wildman–Crippen LogP) is 5.05. The van der Waals surface area contributed by atoms with Crippen molar-refractivity contribution in [2.75, 3.05) is 18.1 Å². The van der Waals surface area contributed by atoms with Gasteiger partial charge in [0, 0.05) is 25.1 Å². The van der Waals surface area contributed by atoms with Gasteiger partial charge in [-0.3, -0.25) is 9.59 Å². The van der Waals surface area contributed by atoms with Crippen LogP contribution in [0.1, 0.15) is 54.4 Å². The van der Waals surface area contributed by atoms with E-state index in [0.29, 0.717) is 31.6 Å². The zero-order valence-corrected chi connectivity index (χ0v) is 25.1. The first-order chi connectivity index (χ1) is 21.1. The number of anilines is 1. The van der Waals surface area contributed by atoms with Gasteiger partial charge in [0.05, 0.1) is 6.61 Å². The summed E-state index contributed by atoms with van der Waals surface area (Å²) in [7, 11) is 0. The van der Waals surface area contributed by atoms with E-state index in [1.54, 1.807) is 0 Å². The van der Waals surface area contributed by atoms with E-state index in [1.165, 1.54) is 5.56 Å². The summed E-state index contributed by atoms with van der Waals surface area (Å²) in [6, 6.07) is 18.2. The fourth-order valence-corrected chi connectivity index (χ4v) is 5.28. The Morgan fingerprint density at radius 3 is 2.57 bits per heavy atom. The summed E-state index contributed by atoms with van der Waals surface area (Å²) in [6.45, 7) is 5.13. The van der Waals surface area contributed by atoms with E-state index < -0.39 is 24.0 Å². The molecule has 0 aliphatic carbocycles. The number of hydrogen-bond donors (Lipinski definition) is 3. The first-order valence-electron chi connectivity index (χ1n) is 14.8. The molecular formula is C34H39N3O7. The number of ether oxygens (including phenoxy) is 2. The lowest BCUT2D eigenvalue weighted by molar-refractivity contribution is -0.139. The van der Waals surface area contributed by atoms with Gasteiger partial charge in [-0.1, -0.05) is 42.5 Å². The summed E-state index contributed by atoms with van der Waals surface area (Å²) in [4.78, 5) is 49.8. The molecule has 3 aromatic rings. The molecule has 0 saturated heterocycles. The van der Waals surface area contributed by atoms with Gasteiger partial charge in [-0.25, -0.2) is 9.59 Å². The van der Waals surface area contributed by atoms with E-state index in [-0.39, 0.29) is 25.4 Å². The molecule has 0 fully saturated rings. The molecule has 0 unspecified atom stereocenters. The molecular weight excluding hydrogens is 562 g/mol. The molecule has 44 heavy (non-hydrogen) atoms. The van der Waals surface area contributed by atoms with Gasteiger partial charge < -0.3 is 30.5 Å². The summed E-state index contributed by atoms with van der Waals surface area (Å²) in [5.74, 6) is -1.02. The number of benzene rings is 3. The van der Waals surface area contributed by atoms with Crippen LogP contribution in [0.5, 0.6) is 5.75 Å². The van der Waals surface area contributed by atoms with Crippen LogP contribution in [-0.4, -0.2) is 48.2 Å². The van der Waals surface area contributed by atoms with E-state index >= 15 is 0 Å². The van der Waals surface area contributed by atoms with Crippen molar-refractivity contribution >= 4 is 29.6 Å². The smallest absolute Gasteiger partial charge is 0.408 e. The number of carbonyl (C=O) groups excluding carboxylic acids is 3. The molecule has 10 heteroatoms. The second kappa shape index (κ2) is 15.0. The molecule has 0 spiro atoms. The highest BCUT2D eigenvalue weighted by Gasteiger charge is 2.25. The Kier molecular flexibility index (Phi) is 11.0. The number of carbonyl (C=O) groups is 4. The van der Waals surface area contributed by atoms with E-state index in [9.17, 15) is 24.3 Å². The van der Waals surface area contributed by atoms with Gasteiger partial charge in [-0.2, -0.15) is 0 Å². The number of hydrogen-bond acceptors (Lipinski definition) is 6. The topological polar surface area (TPSA) is 148 Å². The molecule has 1 heterocycles. The number of rotatable bonds is 13. The van der Waals surface area contributed by atoms with Crippen LogP contribution in [0.3, 0.4) is 0 Å². The Balaban J connectivity index is 1.38. The third-order valence-corrected chi connectivity index (χ3v) is 7.78. The number of nitrogens with one attached hydrogen (secondary N) is 1. The number of amides is 3. The number of carboxylic acids is 1. The standard InChI is InChI=1S/C34H39N3O7/c1-22-8-3-14-30(23(22)2)43-19-7-15-32(39)37-18-6-12-27-26(11-5-13-29(27)37)25-10-4-9-24(20-25)21-44-34(42)36-28(33(40)41)16-17-31(35)38/h3-5,8-11,13-14,20,28H,6-7,12,15-19,21H2,1-2H3,(H2,35,38)(H,36,42)(H,40,41)/t28-/m0/s1. The van der Waals surface area contributed by atoms with Crippen molar-refractivity contribution in [1.82, 2.24) is 5.32 Å². The number of alkyl carbamates (subject to hydrolysis) is 1. The highest BCUT2D eigenvalue weighted by atomic mass is 16.5. The minimum atomic E-state index is -1.28. The van der Waals surface area contributed by atoms with Crippen molar-refractivity contribution in [3.05, 3.63) is 82.9 Å². The quantitative estimate of drug-likeness (QED) is 0.232. The van der Waals surface area contributed by atoms with Gasteiger partial charge in [0.25, 0.3) is 0 Å². The highest BCUT2D eigenvalue weighted by Crippen LogP contribution is 2.36. The Labute approximate surface area is 257 Å². The SMILES string of the molecule is Cc1cccc(OCCCC(=O)N2CCCc3c(-c4cccc(COC(=O)N[C@@H](CCC(N)=O)C(=O)O)c4)cccc32)c1C. The third kappa shape index (κ3) is 8.37. The van der Waals surface area contributed by atoms with Crippen LogP contribution >= 0.6 is 0 Å². The maximum atomic E-state index is 13.3. The van der Waals surface area contributed by atoms with Crippen molar-refractivity contribution in [2.24, 2.45) is 5.73 Å². The lowest BCUT2D eigenvalue weighted by Crippen LogP contribution is -2.41. The van der Waals surface area contributed by atoms with Crippen molar-refractivity contribution in [1.29, 1.82) is 0 Å². The Hall–Kier alpha value is -4.86. The van der Waals surface area contributed by atoms with Crippen LogP contribution in [0.4, 0.5) is 10.5 Å². The van der Waals surface area contributed by atoms with Gasteiger partial charge in [0.2, 0.25) is 11.8 Å². The number of primary amides is 1. The summed E-state index contributed by atoms with van der Waals surface area (Å²) < 4.78 is 11.2. The van der Waals surface area contributed by atoms with E-state index in [0.717, 1.165) is 46.5 Å². The molecule has 10 nitrogen and oxygen atoms in total. The van der Waals surface area contributed by atoms with Crippen LogP contribution in [-0.2, 0) is 32.1 Å². The highest BCUT2D eigenvalue weighted by molar-refractivity contribution is 5.96. The maximum Gasteiger partial charge on any atom is 0.408 e. The number of nitrogens with zero attached hydrogens (tertiary/aromatic N) is 1. The number of nitrogens with two attached hydrogens (primary N) is 1. The minimum absolute atomic E-state index is 0.0660. The van der Waals surface area contributed by atoms with E-state index in [2.05, 4.69) is 5.32 Å². The Morgan fingerprint density at radius 2 is 1.80 bits per heavy atom. The molecule has 0 saturated carbocycles. The molecule has 0 radical (unpaired) electrons. The van der Waals surface area contributed by atoms with Crippen LogP contribution in [0, 0.1) is 13.8 Å². The largest absolute Gasteiger partial charge is 0.493 e. The van der Waals surface area contributed by atoms with E-state index in [1.807, 2.05) is 79.4 Å². The second-order valence-corrected chi connectivity index (χ2v) is 10.9. The first-order valence-corrected chi connectivity index (χ1v) is 14.8. The molecule has 3 amide bonds. The number of fused-ring (bicyclic) bond motifs is 1. The Bertz CT molecular complexity index is 1520. The zero-order chi connectivity index (χ0) is 31.6. The molecule has 4 rings (SSSR count). The first kappa shape index (κ1) is 32.1. The molecule has 4 N–H and O–H groups in total. The molecule has 3 aromatic carbocycles. The van der Waals surface area contributed by atoms with Crippen molar-refractivity contribution < 1.29 is 33.8 Å². The molecule has 1 atom stereocenters. The molecule has 0 bridgehead atoms. The van der Waals surface area contributed by atoms with Crippen LogP contribution in [0.25, 0.3) is 11.1 Å². The van der Waals surface area contributed by atoms with Crippen LogP contribution in [0.2, 0.25) is 0 Å². The second-order valence-electron chi connectivity index (χ2n) is 10.9. The minimum Gasteiger partial charge on any atom is -0.493 e. The molecule has 1 aliphatic rings. The molecule has 1 aliphatic heterocycles. The normalized spacial score (nSPS) is 13.0. The summed E-state index contributed by atoms with van der Waals surface area (Å²) in [5, 5.41) is 11.6. The van der Waals surface area contributed by atoms with Crippen LogP contribution < -0.4 is 20.7 Å². The summed E-state index contributed by atoms with van der Waals surface area (Å²) in [5.41, 5.74) is 12.0. The van der Waals surface area contributed by atoms with Gasteiger partial charge in [0.15, 0.2) is 0 Å². The van der Waals surface area contributed by atoms with Gasteiger partial charge in [-0.15, -0.1) is 0 Å². The average molecular weight is 602 g/mol. The monoisotopic (exact) mass is 601 g/mol. The van der Waals surface area contributed by atoms with Crippen molar-refractivity contribution in [3.63, 3.8) is 0 Å². The van der Waals surface area contributed by atoms with E-state index in [4.69, 9.17) is 15.2 Å². The Morgan fingerprint density at radius 1 is 1.02 bits per heavy atom. The number of aryl methyl sites for hydroxylation is 1. The lowest BCUT2D eigenvalue weighted by atomic mass is 9.91. The van der Waals surface area contributed by atoms with Gasteiger partial charge in [-0.05, 0) is 91.1 Å². The number of carboxylic acid groups (broad SMARTS) is 1. The molecule has 0 aromatic heterocycles.